The lowest BCUT2D eigenvalue weighted by Gasteiger charge is -2.10. The molecule has 38 heavy (non-hydrogen) atoms. The van der Waals surface area contributed by atoms with Crippen LogP contribution in [0.2, 0.25) is 0 Å². The molecule has 4 aromatic rings. The number of carbonyl (C=O) groups excluding carboxylic acids is 1. The Morgan fingerprint density at radius 2 is 0.447 bits per heavy atom. The molecule has 0 saturated heterocycles. The van der Waals surface area contributed by atoms with Gasteiger partial charge < -0.3 is 27.7 Å². The topological polar surface area (TPSA) is 121 Å². The first-order valence-corrected chi connectivity index (χ1v) is 16.4. The maximum Gasteiger partial charge on any atom is 0.106 e. The summed E-state index contributed by atoms with van der Waals surface area (Å²) in [4.78, 5) is 8.00. The summed E-state index contributed by atoms with van der Waals surface area (Å²) >= 11 is 27.5. The number of nitrogens with two attached hydrogens (primary N) is 4. The monoisotopic (exact) mass is 1020 g/mol. The van der Waals surface area contributed by atoms with Crippen molar-refractivity contribution in [2.24, 2.45) is 0 Å². The number of rotatable bonds is 2. The molecule has 0 amide bonds. The van der Waals surface area contributed by atoms with Crippen molar-refractivity contribution in [3.63, 3.8) is 0 Å². The first-order valence-electron chi connectivity index (χ1n) is 10.1. The van der Waals surface area contributed by atoms with Gasteiger partial charge in [-0.3, -0.25) is 0 Å². The van der Waals surface area contributed by atoms with Gasteiger partial charge in [-0.05, 0) is 198 Å². The Morgan fingerprint density at radius 3 is 0.553 bits per heavy atom. The minimum atomic E-state index is 0.687. The van der Waals surface area contributed by atoms with Crippen molar-refractivity contribution < 1.29 is 4.79 Å². The van der Waals surface area contributed by atoms with E-state index in [2.05, 4.69) is 127 Å². The Balaban J connectivity index is 0.000000251. The zero-order valence-electron chi connectivity index (χ0n) is 19.1. The molecule has 0 bridgehead atoms. The minimum Gasteiger partial charge on any atom is -0.397 e. The average molecular weight is 1030 g/mol. The number of hydrogen-bond donors (Lipinski definition) is 4. The first kappa shape index (κ1) is 33.8. The van der Waals surface area contributed by atoms with Crippen LogP contribution in [-0.4, -0.2) is 6.79 Å². The van der Waals surface area contributed by atoms with Crippen molar-refractivity contribution in [3.05, 3.63) is 84.3 Å². The summed E-state index contributed by atoms with van der Waals surface area (Å²) in [6.07, 6.45) is 0. The fourth-order valence-corrected chi connectivity index (χ4v) is 7.75. The van der Waals surface area contributed by atoms with E-state index in [0.29, 0.717) is 22.7 Å². The quantitative estimate of drug-likeness (QED) is 0.149. The maximum absolute atomic E-state index is 8.00. The molecule has 8 N–H and O–H groups in total. The fraction of sp³-hybridized carbons (Fsp3) is 0. The summed E-state index contributed by atoms with van der Waals surface area (Å²) in [5, 5.41) is 0. The van der Waals surface area contributed by atoms with E-state index < -0.39 is 0 Å². The fourth-order valence-electron chi connectivity index (χ4n) is 3.00. The van der Waals surface area contributed by atoms with E-state index in [4.69, 9.17) is 27.7 Å². The third-order valence-electron chi connectivity index (χ3n) is 4.98. The second-order valence-electron chi connectivity index (χ2n) is 7.41. The summed E-state index contributed by atoms with van der Waals surface area (Å²) in [5.41, 5.74) is 30.5. The lowest BCUT2D eigenvalue weighted by atomic mass is 10.1. The summed E-state index contributed by atoms with van der Waals surface area (Å²) in [6.45, 7) is 2.00. The molecule has 0 radical (unpaired) electrons. The molecule has 0 aliphatic rings. The van der Waals surface area contributed by atoms with Gasteiger partial charge in [0.15, 0.2) is 0 Å². The largest absolute Gasteiger partial charge is 0.397 e. The van der Waals surface area contributed by atoms with Gasteiger partial charge in [-0.2, -0.15) is 0 Å². The summed E-state index contributed by atoms with van der Waals surface area (Å²) in [6, 6.07) is 15.8. The van der Waals surface area contributed by atoms with E-state index >= 15 is 0 Å². The van der Waals surface area contributed by atoms with Gasteiger partial charge in [-0.15, -0.1) is 0 Å². The zero-order valence-corrected chi connectivity index (χ0v) is 31.8. The molecule has 0 saturated carbocycles. The molecule has 0 fully saturated rings. The molecule has 4 rings (SSSR count). The van der Waals surface area contributed by atoms with Gasteiger partial charge in [-0.1, -0.05) is 0 Å². The van der Waals surface area contributed by atoms with E-state index in [0.717, 1.165) is 58.0 Å². The lowest BCUT2D eigenvalue weighted by Crippen LogP contribution is -1.92. The van der Waals surface area contributed by atoms with Crippen LogP contribution in [0.4, 0.5) is 22.7 Å². The highest BCUT2D eigenvalue weighted by Gasteiger charge is 2.11. The van der Waals surface area contributed by atoms with Crippen LogP contribution < -0.4 is 22.9 Å². The summed E-state index contributed by atoms with van der Waals surface area (Å²) in [7, 11) is 0. The van der Waals surface area contributed by atoms with Crippen LogP contribution in [0, 0.1) is 0 Å². The molecule has 4 aromatic carbocycles. The molecule has 5 nitrogen and oxygen atoms in total. The summed E-state index contributed by atoms with van der Waals surface area (Å²) in [5.74, 6) is 0. The van der Waals surface area contributed by atoms with Crippen LogP contribution in [0.3, 0.4) is 0 Å². The van der Waals surface area contributed by atoms with E-state index in [9.17, 15) is 0 Å². The van der Waals surface area contributed by atoms with Crippen molar-refractivity contribution >= 4 is 157 Å². The Bertz CT molecular complexity index is 1180. The van der Waals surface area contributed by atoms with E-state index in [1.807, 2.05) is 55.3 Å². The molecule has 13 heteroatoms. The van der Waals surface area contributed by atoms with E-state index in [1.165, 1.54) is 0 Å². The molecule has 0 heterocycles. The van der Waals surface area contributed by atoms with E-state index in [-0.39, 0.29) is 0 Å². The maximum atomic E-state index is 8.00. The number of benzene rings is 4. The highest BCUT2D eigenvalue weighted by atomic mass is 79.9. The van der Waals surface area contributed by atoms with Crippen LogP contribution in [0.1, 0.15) is 0 Å². The molecule has 0 unspecified atom stereocenters. The summed E-state index contributed by atoms with van der Waals surface area (Å²) < 4.78 is 6.86. The van der Waals surface area contributed by atoms with Crippen LogP contribution in [0.5, 0.6) is 0 Å². The third-order valence-corrected chi connectivity index (χ3v) is 10.2. The van der Waals surface area contributed by atoms with Gasteiger partial charge >= 0.3 is 0 Å². The van der Waals surface area contributed by atoms with Crippen molar-refractivity contribution in [1.29, 1.82) is 0 Å². The van der Waals surface area contributed by atoms with Gasteiger partial charge in [0, 0.05) is 35.8 Å². The van der Waals surface area contributed by atoms with E-state index in [1.54, 1.807) is 0 Å². The van der Waals surface area contributed by atoms with Gasteiger partial charge in [0.2, 0.25) is 0 Å². The number of anilines is 4. The number of nitrogen functional groups attached to an aromatic ring is 4. The zero-order chi connectivity index (χ0) is 28.9. The van der Waals surface area contributed by atoms with Gasteiger partial charge in [0.1, 0.15) is 6.79 Å². The predicted octanol–water partition coefficient (Wildman–Crippen LogP) is 11.0. The Hall–Kier alpha value is -0.410. The third kappa shape index (κ3) is 8.31. The second kappa shape index (κ2) is 15.0. The van der Waals surface area contributed by atoms with Gasteiger partial charge in [0.05, 0.1) is 22.7 Å². The highest BCUT2D eigenvalue weighted by Crippen LogP contribution is 2.39. The lowest BCUT2D eigenvalue weighted by molar-refractivity contribution is -0.0979. The van der Waals surface area contributed by atoms with Crippen molar-refractivity contribution in [3.8, 4) is 22.3 Å². The Morgan fingerprint density at radius 1 is 0.342 bits per heavy atom. The van der Waals surface area contributed by atoms with Crippen molar-refractivity contribution in [2.45, 2.75) is 0 Å². The Kier molecular flexibility index (Phi) is 13.3. The smallest absolute Gasteiger partial charge is 0.106 e. The molecule has 0 aliphatic carbocycles. The normalized spacial score (nSPS) is 10.2. The SMILES string of the molecule is C=O.Nc1c(Br)cc(-c2cc(Br)c(N)c(Br)c2)cc1Br.Nc1c(Br)cc(-c2cc(Br)c(N)c(Br)c2)cc1Br. The van der Waals surface area contributed by atoms with Crippen LogP contribution >= 0.6 is 127 Å². The standard InChI is InChI=1S/2C12H8Br4N2.CH2O/c2*13-7-1-5(2-8(14)11(7)17)6-3-9(15)12(18)10(16)4-6;1-2/h2*1-4H,17-18H2;1H2. The van der Waals surface area contributed by atoms with Crippen molar-refractivity contribution in [1.82, 2.24) is 0 Å². The predicted molar refractivity (Wildman–Crippen MR) is 190 cm³/mol. The van der Waals surface area contributed by atoms with Gasteiger partial charge in [-0.25, -0.2) is 0 Å². The molecule has 0 atom stereocenters. The molecule has 0 aliphatic heterocycles. The minimum absolute atomic E-state index is 0.687. The highest BCUT2D eigenvalue weighted by molar-refractivity contribution is 9.12. The number of carbonyl (C=O) groups is 1. The van der Waals surface area contributed by atoms with Crippen LogP contribution in [-0.2, 0) is 4.79 Å². The number of halogens is 8. The second-order valence-corrected chi connectivity index (χ2v) is 14.2. The molecular formula is C25H18Br8N4O. The molecular weight excluding hydrogens is 1010 g/mol. The van der Waals surface area contributed by atoms with Crippen LogP contribution in [0.15, 0.2) is 84.3 Å². The van der Waals surface area contributed by atoms with Crippen molar-refractivity contribution in [2.75, 3.05) is 22.9 Å². The van der Waals surface area contributed by atoms with Crippen LogP contribution in [0.25, 0.3) is 22.3 Å². The van der Waals surface area contributed by atoms with Gasteiger partial charge in [0.25, 0.3) is 0 Å². The molecule has 200 valence electrons. The molecule has 0 aromatic heterocycles. The first-order chi connectivity index (χ1) is 17.8. The average Bonchev–Trinajstić information content (AvgIpc) is 2.88. The Labute approximate surface area is 287 Å². The molecule has 0 spiro atoms. The number of hydrogen-bond acceptors (Lipinski definition) is 5.